The van der Waals surface area contributed by atoms with E-state index in [-0.39, 0.29) is 36.1 Å². The SMILES string of the molecule is Cc1cccc(C(=O)NCCS(=O)(=O)N2CC(C)OC(C)C2)n1. The molecule has 2 unspecified atom stereocenters. The molecular weight excluding hydrogens is 318 g/mol. The van der Waals surface area contributed by atoms with E-state index in [2.05, 4.69) is 10.3 Å². The lowest BCUT2D eigenvalue weighted by Crippen LogP contribution is -2.49. The molecule has 2 heterocycles. The van der Waals surface area contributed by atoms with Crippen LogP contribution in [0.2, 0.25) is 0 Å². The van der Waals surface area contributed by atoms with Crippen molar-refractivity contribution in [1.82, 2.24) is 14.6 Å². The number of sulfonamides is 1. The summed E-state index contributed by atoms with van der Waals surface area (Å²) < 4.78 is 31.7. The van der Waals surface area contributed by atoms with Gasteiger partial charge in [-0.05, 0) is 32.9 Å². The van der Waals surface area contributed by atoms with Gasteiger partial charge < -0.3 is 10.1 Å². The summed E-state index contributed by atoms with van der Waals surface area (Å²) in [5, 5.41) is 2.61. The number of hydrogen-bond donors (Lipinski definition) is 1. The molecule has 0 aromatic carbocycles. The van der Waals surface area contributed by atoms with E-state index < -0.39 is 10.0 Å². The third-order valence-corrected chi connectivity index (χ3v) is 5.35. The number of carbonyl (C=O) groups is 1. The molecule has 1 saturated heterocycles. The molecule has 23 heavy (non-hydrogen) atoms. The van der Waals surface area contributed by atoms with Gasteiger partial charge in [0.25, 0.3) is 5.91 Å². The summed E-state index contributed by atoms with van der Waals surface area (Å²) in [6.45, 7) is 6.24. The molecule has 2 rings (SSSR count). The first-order chi connectivity index (χ1) is 10.8. The van der Waals surface area contributed by atoms with Gasteiger partial charge in [0.05, 0.1) is 18.0 Å². The zero-order chi connectivity index (χ0) is 17.0. The molecule has 8 heteroatoms. The van der Waals surface area contributed by atoms with Gasteiger partial charge in [0.2, 0.25) is 10.0 Å². The van der Waals surface area contributed by atoms with Crippen LogP contribution >= 0.6 is 0 Å². The molecule has 2 atom stereocenters. The standard InChI is InChI=1S/C15H23N3O4S/c1-11-5-4-6-14(17-11)15(19)16-7-8-23(20,21)18-9-12(2)22-13(3)10-18/h4-6,12-13H,7-10H2,1-3H3,(H,16,19). The van der Waals surface area contributed by atoms with E-state index in [1.165, 1.54) is 4.31 Å². The molecule has 1 aliphatic rings. The summed E-state index contributed by atoms with van der Waals surface area (Å²) in [7, 11) is -3.42. The maximum absolute atomic E-state index is 12.4. The van der Waals surface area contributed by atoms with Crippen molar-refractivity contribution in [3.63, 3.8) is 0 Å². The van der Waals surface area contributed by atoms with Crippen LogP contribution in [0.1, 0.15) is 30.0 Å². The first-order valence-electron chi connectivity index (χ1n) is 7.63. The average Bonchev–Trinajstić information content (AvgIpc) is 2.46. The Kier molecular flexibility index (Phi) is 5.72. The first kappa shape index (κ1) is 17.8. The third kappa shape index (κ3) is 4.98. The Hall–Kier alpha value is -1.51. The molecule has 1 fully saturated rings. The maximum Gasteiger partial charge on any atom is 0.269 e. The van der Waals surface area contributed by atoms with Crippen molar-refractivity contribution in [2.75, 3.05) is 25.4 Å². The monoisotopic (exact) mass is 341 g/mol. The van der Waals surface area contributed by atoms with Gasteiger partial charge in [0.15, 0.2) is 0 Å². The topological polar surface area (TPSA) is 88.6 Å². The van der Waals surface area contributed by atoms with E-state index in [0.29, 0.717) is 13.1 Å². The van der Waals surface area contributed by atoms with E-state index in [4.69, 9.17) is 4.74 Å². The molecule has 0 saturated carbocycles. The Morgan fingerprint density at radius 3 is 2.61 bits per heavy atom. The quantitative estimate of drug-likeness (QED) is 0.845. The Morgan fingerprint density at radius 1 is 1.35 bits per heavy atom. The summed E-state index contributed by atoms with van der Waals surface area (Å²) in [6.07, 6.45) is -0.251. The van der Waals surface area contributed by atoms with Crippen LogP contribution in [0.4, 0.5) is 0 Å². The highest BCUT2D eigenvalue weighted by Crippen LogP contribution is 2.14. The molecule has 1 amide bonds. The molecule has 0 radical (unpaired) electrons. The Labute approximate surface area is 137 Å². The number of hydrogen-bond acceptors (Lipinski definition) is 5. The third-order valence-electron chi connectivity index (χ3n) is 3.55. The number of aryl methyl sites for hydroxylation is 1. The van der Waals surface area contributed by atoms with E-state index in [1.807, 2.05) is 13.8 Å². The van der Waals surface area contributed by atoms with Gasteiger partial charge in [-0.15, -0.1) is 0 Å². The van der Waals surface area contributed by atoms with Crippen molar-refractivity contribution in [3.05, 3.63) is 29.6 Å². The van der Waals surface area contributed by atoms with Crippen LogP contribution in [0.3, 0.4) is 0 Å². The predicted molar refractivity (Wildman–Crippen MR) is 86.7 cm³/mol. The summed E-state index contributed by atoms with van der Waals surface area (Å²) in [5.41, 5.74) is 1.03. The normalized spacial score (nSPS) is 22.7. The largest absolute Gasteiger partial charge is 0.373 e. The molecule has 0 aliphatic carbocycles. The Morgan fingerprint density at radius 2 is 2.00 bits per heavy atom. The molecule has 1 aromatic heterocycles. The Balaban J connectivity index is 1.88. The number of nitrogens with zero attached hydrogens (tertiary/aromatic N) is 2. The molecule has 0 spiro atoms. The van der Waals surface area contributed by atoms with Crippen LogP contribution < -0.4 is 5.32 Å². The highest BCUT2D eigenvalue weighted by molar-refractivity contribution is 7.89. The van der Waals surface area contributed by atoms with Crippen molar-refractivity contribution in [2.45, 2.75) is 33.0 Å². The summed E-state index contributed by atoms with van der Waals surface area (Å²) in [4.78, 5) is 16.1. The zero-order valence-electron chi connectivity index (χ0n) is 13.7. The minimum atomic E-state index is -3.42. The minimum Gasteiger partial charge on any atom is -0.373 e. The van der Waals surface area contributed by atoms with Crippen LogP contribution in [-0.2, 0) is 14.8 Å². The number of amides is 1. The number of rotatable bonds is 5. The van der Waals surface area contributed by atoms with Crippen molar-refractivity contribution in [3.8, 4) is 0 Å². The highest BCUT2D eigenvalue weighted by Gasteiger charge is 2.30. The molecule has 0 bridgehead atoms. The molecule has 1 N–H and O–H groups in total. The van der Waals surface area contributed by atoms with Gasteiger partial charge >= 0.3 is 0 Å². The summed E-state index contributed by atoms with van der Waals surface area (Å²) in [5.74, 6) is -0.503. The molecule has 1 aliphatic heterocycles. The van der Waals surface area contributed by atoms with Crippen LogP contribution in [-0.4, -0.2) is 61.2 Å². The lowest BCUT2D eigenvalue weighted by molar-refractivity contribution is -0.0440. The maximum atomic E-state index is 12.4. The van der Waals surface area contributed by atoms with Crippen molar-refractivity contribution >= 4 is 15.9 Å². The van der Waals surface area contributed by atoms with Gasteiger partial charge in [-0.2, -0.15) is 4.31 Å². The van der Waals surface area contributed by atoms with E-state index >= 15 is 0 Å². The van der Waals surface area contributed by atoms with Crippen molar-refractivity contribution in [1.29, 1.82) is 0 Å². The fourth-order valence-corrected chi connectivity index (χ4v) is 4.03. The summed E-state index contributed by atoms with van der Waals surface area (Å²) >= 11 is 0. The number of pyridine rings is 1. The van der Waals surface area contributed by atoms with Crippen molar-refractivity contribution < 1.29 is 17.9 Å². The van der Waals surface area contributed by atoms with E-state index in [1.54, 1.807) is 25.1 Å². The van der Waals surface area contributed by atoms with Crippen LogP contribution in [0.15, 0.2) is 18.2 Å². The van der Waals surface area contributed by atoms with Gasteiger partial charge in [-0.25, -0.2) is 13.4 Å². The summed E-state index contributed by atoms with van der Waals surface area (Å²) in [6, 6.07) is 5.13. The first-order valence-corrected chi connectivity index (χ1v) is 9.24. The van der Waals surface area contributed by atoms with Crippen molar-refractivity contribution in [2.24, 2.45) is 0 Å². The van der Waals surface area contributed by atoms with Gasteiger partial charge in [0.1, 0.15) is 5.69 Å². The van der Waals surface area contributed by atoms with Gasteiger partial charge in [0, 0.05) is 25.3 Å². The molecular formula is C15H23N3O4S. The van der Waals surface area contributed by atoms with Crippen LogP contribution in [0.5, 0.6) is 0 Å². The lowest BCUT2D eigenvalue weighted by atomic mass is 10.3. The number of ether oxygens (including phenoxy) is 1. The fraction of sp³-hybridized carbons (Fsp3) is 0.600. The number of morpholine rings is 1. The molecule has 7 nitrogen and oxygen atoms in total. The second-order valence-electron chi connectivity index (χ2n) is 5.81. The van der Waals surface area contributed by atoms with Crippen LogP contribution in [0.25, 0.3) is 0 Å². The smallest absolute Gasteiger partial charge is 0.269 e. The minimum absolute atomic E-state index is 0.0525. The van der Waals surface area contributed by atoms with Gasteiger partial charge in [-0.3, -0.25) is 4.79 Å². The van der Waals surface area contributed by atoms with Gasteiger partial charge in [-0.1, -0.05) is 6.07 Å². The Bertz CT molecular complexity index is 652. The van der Waals surface area contributed by atoms with E-state index in [9.17, 15) is 13.2 Å². The predicted octanol–water partition coefficient (Wildman–Crippen LogP) is 0.559. The zero-order valence-corrected chi connectivity index (χ0v) is 14.5. The number of aromatic nitrogens is 1. The van der Waals surface area contributed by atoms with E-state index in [0.717, 1.165) is 5.69 Å². The number of nitrogens with one attached hydrogen (secondary N) is 1. The lowest BCUT2D eigenvalue weighted by Gasteiger charge is -2.34. The molecule has 128 valence electrons. The second kappa shape index (κ2) is 7.37. The fourth-order valence-electron chi connectivity index (χ4n) is 2.54. The second-order valence-corrected chi connectivity index (χ2v) is 7.90. The molecule has 1 aromatic rings. The highest BCUT2D eigenvalue weighted by atomic mass is 32.2. The van der Waals surface area contributed by atoms with Crippen LogP contribution in [0, 0.1) is 6.92 Å². The number of carbonyl (C=O) groups excluding carboxylic acids is 1. The average molecular weight is 341 g/mol.